The van der Waals surface area contributed by atoms with Gasteiger partial charge in [-0.3, -0.25) is 4.79 Å². The lowest BCUT2D eigenvalue weighted by Gasteiger charge is -2.32. The van der Waals surface area contributed by atoms with Gasteiger partial charge in [-0.15, -0.1) is 5.10 Å². The van der Waals surface area contributed by atoms with Gasteiger partial charge < -0.3 is 9.84 Å². The number of rotatable bonds is 5. The number of sulfone groups is 1. The van der Waals surface area contributed by atoms with Gasteiger partial charge in [0.25, 0.3) is 0 Å². The molecule has 1 fully saturated rings. The van der Waals surface area contributed by atoms with Crippen LogP contribution in [0, 0.1) is 5.41 Å². The first-order chi connectivity index (χ1) is 9.32. The van der Waals surface area contributed by atoms with Crippen LogP contribution in [0.25, 0.3) is 0 Å². The lowest BCUT2D eigenvalue weighted by molar-refractivity contribution is -0.156. The van der Waals surface area contributed by atoms with Crippen LogP contribution in [0.4, 0.5) is 0 Å². The molecule has 0 spiro atoms. The SMILES string of the molecule is CS(=O)(=O)Cc1nnnn1CC1(C(=O)O)CCOCC1. The number of carbonyl (C=O) groups is 1. The highest BCUT2D eigenvalue weighted by Crippen LogP contribution is 2.32. The first-order valence-corrected chi connectivity index (χ1v) is 8.12. The van der Waals surface area contributed by atoms with E-state index in [1.54, 1.807) is 0 Å². The molecule has 0 bridgehead atoms. The van der Waals surface area contributed by atoms with E-state index in [1.165, 1.54) is 4.68 Å². The van der Waals surface area contributed by atoms with Crippen molar-refractivity contribution in [2.75, 3.05) is 19.5 Å². The number of aliphatic carboxylic acids is 1. The van der Waals surface area contributed by atoms with E-state index >= 15 is 0 Å². The van der Waals surface area contributed by atoms with E-state index in [1.807, 2.05) is 0 Å². The second-order valence-corrected chi connectivity index (χ2v) is 7.16. The van der Waals surface area contributed by atoms with Gasteiger partial charge in [0.15, 0.2) is 15.7 Å². The standard InChI is InChI=1S/C10H16N4O5S/c1-20(17,18)6-8-11-12-13-14(8)7-10(9(15)16)2-4-19-5-3-10/h2-7H2,1H3,(H,15,16). The molecule has 0 radical (unpaired) electrons. The summed E-state index contributed by atoms with van der Waals surface area (Å²) in [4.78, 5) is 11.5. The van der Waals surface area contributed by atoms with Gasteiger partial charge in [-0.1, -0.05) is 0 Å². The predicted molar refractivity (Wildman–Crippen MR) is 66.5 cm³/mol. The van der Waals surface area contributed by atoms with Gasteiger partial charge >= 0.3 is 5.97 Å². The molecule has 0 saturated carbocycles. The Kier molecular flexibility index (Phi) is 4.04. The summed E-state index contributed by atoms with van der Waals surface area (Å²) in [6.45, 7) is 0.759. The number of carboxylic acids is 1. The highest BCUT2D eigenvalue weighted by atomic mass is 32.2. The zero-order valence-electron chi connectivity index (χ0n) is 11.0. The number of aromatic nitrogens is 4. The van der Waals surface area contributed by atoms with Gasteiger partial charge in [0, 0.05) is 19.5 Å². The van der Waals surface area contributed by atoms with E-state index in [2.05, 4.69) is 15.5 Å². The van der Waals surface area contributed by atoms with Crippen molar-refractivity contribution in [3.63, 3.8) is 0 Å². The Labute approximate surface area is 115 Å². The van der Waals surface area contributed by atoms with Crippen LogP contribution in [0.1, 0.15) is 18.7 Å². The summed E-state index contributed by atoms with van der Waals surface area (Å²) in [5.74, 6) is -1.10. The molecule has 1 aromatic rings. The first kappa shape index (κ1) is 14.9. The van der Waals surface area contributed by atoms with Gasteiger partial charge in [-0.2, -0.15) is 0 Å². The molecule has 1 saturated heterocycles. The van der Waals surface area contributed by atoms with Crippen molar-refractivity contribution >= 4 is 15.8 Å². The van der Waals surface area contributed by atoms with E-state index in [9.17, 15) is 18.3 Å². The maximum atomic E-state index is 11.5. The Morgan fingerprint density at radius 2 is 2.10 bits per heavy atom. The van der Waals surface area contributed by atoms with Gasteiger partial charge in [0.2, 0.25) is 0 Å². The van der Waals surface area contributed by atoms with Crippen LogP contribution in [0.3, 0.4) is 0 Å². The van der Waals surface area contributed by atoms with E-state index in [0.29, 0.717) is 26.1 Å². The second kappa shape index (κ2) is 5.44. The fourth-order valence-corrected chi connectivity index (χ4v) is 2.85. The summed E-state index contributed by atoms with van der Waals surface area (Å²) in [5, 5.41) is 20.3. The largest absolute Gasteiger partial charge is 0.481 e. The summed E-state index contributed by atoms with van der Waals surface area (Å²) >= 11 is 0. The zero-order valence-corrected chi connectivity index (χ0v) is 11.8. The zero-order chi connectivity index (χ0) is 14.8. The molecule has 1 aromatic heterocycles. The lowest BCUT2D eigenvalue weighted by atomic mass is 9.80. The fraction of sp³-hybridized carbons (Fsp3) is 0.800. The third-order valence-corrected chi connectivity index (χ3v) is 4.14. The molecule has 0 unspecified atom stereocenters. The molecule has 2 heterocycles. The average molecular weight is 304 g/mol. The van der Waals surface area contributed by atoms with Crippen molar-refractivity contribution in [2.24, 2.45) is 5.41 Å². The summed E-state index contributed by atoms with van der Waals surface area (Å²) in [7, 11) is -3.29. The second-order valence-electron chi connectivity index (χ2n) is 5.02. The number of hydrogen-bond acceptors (Lipinski definition) is 7. The van der Waals surface area contributed by atoms with Crippen LogP contribution in [0.15, 0.2) is 0 Å². The Balaban J connectivity index is 2.24. The molecule has 1 N–H and O–H groups in total. The first-order valence-electron chi connectivity index (χ1n) is 6.06. The number of hydrogen-bond donors (Lipinski definition) is 1. The van der Waals surface area contributed by atoms with Gasteiger partial charge in [-0.05, 0) is 23.3 Å². The Morgan fingerprint density at radius 3 is 2.65 bits per heavy atom. The van der Waals surface area contributed by atoms with Crippen LogP contribution in [0.5, 0.6) is 0 Å². The molecular formula is C10H16N4O5S. The molecule has 1 aliphatic rings. The minimum Gasteiger partial charge on any atom is -0.481 e. The molecule has 0 atom stereocenters. The molecule has 2 rings (SSSR count). The number of carboxylic acid groups (broad SMARTS) is 1. The van der Waals surface area contributed by atoms with Crippen molar-refractivity contribution in [2.45, 2.75) is 25.1 Å². The molecule has 112 valence electrons. The highest BCUT2D eigenvalue weighted by molar-refractivity contribution is 7.89. The molecule has 0 aromatic carbocycles. The molecule has 0 aliphatic carbocycles. The maximum absolute atomic E-state index is 11.5. The maximum Gasteiger partial charge on any atom is 0.311 e. The summed E-state index contributed by atoms with van der Waals surface area (Å²) in [5.41, 5.74) is -1.01. The van der Waals surface area contributed by atoms with Crippen LogP contribution in [-0.2, 0) is 31.7 Å². The topological polar surface area (TPSA) is 124 Å². The Bertz CT molecular complexity index is 591. The van der Waals surface area contributed by atoms with Crippen molar-refractivity contribution in [3.8, 4) is 0 Å². The van der Waals surface area contributed by atoms with E-state index in [0.717, 1.165) is 6.26 Å². The fourth-order valence-electron chi connectivity index (χ4n) is 2.17. The smallest absolute Gasteiger partial charge is 0.311 e. The van der Waals surface area contributed by atoms with Crippen LogP contribution in [-0.4, -0.2) is 59.2 Å². The highest BCUT2D eigenvalue weighted by Gasteiger charge is 2.41. The van der Waals surface area contributed by atoms with Crippen LogP contribution in [0.2, 0.25) is 0 Å². The van der Waals surface area contributed by atoms with Crippen molar-refractivity contribution in [3.05, 3.63) is 5.82 Å². The number of tetrazole rings is 1. The van der Waals surface area contributed by atoms with Gasteiger partial charge in [0.05, 0.1) is 12.0 Å². The minimum absolute atomic E-state index is 0.0452. The lowest BCUT2D eigenvalue weighted by Crippen LogP contribution is -2.41. The molecule has 20 heavy (non-hydrogen) atoms. The summed E-state index contributed by atoms with van der Waals surface area (Å²) in [6.07, 6.45) is 1.77. The molecule has 0 amide bonds. The third kappa shape index (κ3) is 3.31. The van der Waals surface area contributed by atoms with Crippen molar-refractivity contribution in [1.82, 2.24) is 20.2 Å². The summed E-state index contributed by atoms with van der Waals surface area (Å²) in [6, 6.07) is 0. The molecule has 1 aliphatic heterocycles. The van der Waals surface area contributed by atoms with E-state index in [4.69, 9.17) is 4.74 Å². The normalized spacial score (nSPS) is 18.9. The van der Waals surface area contributed by atoms with Crippen molar-refractivity contribution in [1.29, 1.82) is 0 Å². The van der Waals surface area contributed by atoms with Crippen LogP contribution >= 0.6 is 0 Å². The monoisotopic (exact) mass is 304 g/mol. The molecule has 10 heteroatoms. The number of ether oxygens (including phenoxy) is 1. The molecular weight excluding hydrogens is 288 g/mol. The number of nitrogens with zero attached hydrogens (tertiary/aromatic N) is 4. The van der Waals surface area contributed by atoms with E-state index < -0.39 is 21.2 Å². The predicted octanol–water partition coefficient (Wildman–Crippen LogP) is -0.901. The minimum atomic E-state index is -3.29. The average Bonchev–Trinajstić information content (AvgIpc) is 2.75. The van der Waals surface area contributed by atoms with Gasteiger partial charge in [-0.25, -0.2) is 13.1 Å². The Morgan fingerprint density at radius 1 is 1.45 bits per heavy atom. The Hall–Kier alpha value is -1.55. The van der Waals surface area contributed by atoms with Crippen LogP contribution < -0.4 is 0 Å². The van der Waals surface area contributed by atoms with E-state index in [-0.39, 0.29) is 18.1 Å². The summed E-state index contributed by atoms with van der Waals surface area (Å²) < 4.78 is 29.1. The van der Waals surface area contributed by atoms with Gasteiger partial charge in [0.1, 0.15) is 5.75 Å². The third-order valence-electron chi connectivity index (χ3n) is 3.35. The van der Waals surface area contributed by atoms with Crippen molar-refractivity contribution < 1.29 is 23.1 Å². The quantitative estimate of drug-likeness (QED) is 0.742. The molecule has 9 nitrogen and oxygen atoms in total.